The number of hydrogen-bond donors (Lipinski definition) is 1. The summed E-state index contributed by atoms with van der Waals surface area (Å²) in [6.07, 6.45) is 11.5. The molecule has 1 atom stereocenters. The standard InChI is InChI=1S/C18H23N3O.BrH.H2/c1-4-21-17(22)16-9-6-12-20(16)13-18(21,19-3)15-8-5-7-14(2)10-11-15;;/h5-6,8-12,19H,4,7,13H2,1-3H3;2*1H. The second-order valence-corrected chi connectivity index (χ2v) is 5.92. The summed E-state index contributed by atoms with van der Waals surface area (Å²) in [7, 11) is 1.93. The van der Waals surface area contributed by atoms with Crippen molar-refractivity contribution in [3.05, 3.63) is 59.5 Å². The highest BCUT2D eigenvalue weighted by Crippen LogP contribution is 2.32. The molecule has 23 heavy (non-hydrogen) atoms. The molecule has 2 aliphatic rings. The summed E-state index contributed by atoms with van der Waals surface area (Å²) in [5, 5.41) is 3.43. The van der Waals surface area contributed by atoms with Gasteiger partial charge in [0, 0.05) is 14.2 Å². The van der Waals surface area contributed by atoms with E-state index in [1.54, 1.807) is 0 Å². The van der Waals surface area contributed by atoms with Gasteiger partial charge in [0.05, 0.1) is 6.54 Å². The highest BCUT2D eigenvalue weighted by molar-refractivity contribution is 8.93. The van der Waals surface area contributed by atoms with Crippen molar-refractivity contribution in [2.45, 2.75) is 32.5 Å². The molecule has 0 spiro atoms. The molecule has 0 bridgehead atoms. The lowest BCUT2D eigenvalue weighted by Crippen LogP contribution is -2.65. The van der Waals surface area contributed by atoms with Crippen LogP contribution in [0.4, 0.5) is 0 Å². The molecule has 0 radical (unpaired) electrons. The van der Waals surface area contributed by atoms with Crippen molar-refractivity contribution in [3.63, 3.8) is 0 Å². The third kappa shape index (κ3) is 2.83. The van der Waals surface area contributed by atoms with Gasteiger partial charge in [-0.05, 0) is 45.0 Å². The Balaban J connectivity index is 0.00000144. The van der Waals surface area contributed by atoms with E-state index in [0.29, 0.717) is 13.1 Å². The predicted octanol–water partition coefficient (Wildman–Crippen LogP) is 3.54. The Labute approximate surface area is 149 Å². The van der Waals surface area contributed by atoms with E-state index in [2.05, 4.69) is 36.5 Å². The van der Waals surface area contributed by atoms with Gasteiger partial charge >= 0.3 is 0 Å². The topological polar surface area (TPSA) is 37.3 Å². The maximum atomic E-state index is 12.9. The van der Waals surface area contributed by atoms with E-state index < -0.39 is 5.66 Å². The first-order valence-electron chi connectivity index (χ1n) is 7.83. The van der Waals surface area contributed by atoms with Gasteiger partial charge in [0.2, 0.25) is 0 Å². The number of fused-ring (bicyclic) bond motifs is 1. The van der Waals surface area contributed by atoms with Crippen LogP contribution in [-0.4, -0.2) is 34.6 Å². The molecule has 1 N–H and O–H groups in total. The van der Waals surface area contributed by atoms with Crippen LogP contribution in [0.25, 0.3) is 0 Å². The Morgan fingerprint density at radius 2 is 2.17 bits per heavy atom. The van der Waals surface area contributed by atoms with E-state index in [1.165, 1.54) is 5.57 Å². The van der Waals surface area contributed by atoms with Gasteiger partial charge in [-0.25, -0.2) is 0 Å². The largest absolute Gasteiger partial charge is 0.339 e. The Morgan fingerprint density at radius 3 is 2.87 bits per heavy atom. The van der Waals surface area contributed by atoms with Gasteiger partial charge in [-0.1, -0.05) is 29.9 Å². The van der Waals surface area contributed by atoms with Crippen LogP contribution in [0.1, 0.15) is 32.2 Å². The number of carbonyl (C=O) groups excluding carboxylic acids is 1. The highest BCUT2D eigenvalue weighted by Gasteiger charge is 2.45. The number of likely N-dealkylation sites (N-methyl/N-ethyl adjacent to an activating group) is 2. The number of amides is 1. The van der Waals surface area contributed by atoms with Crippen molar-refractivity contribution in [1.82, 2.24) is 14.8 Å². The monoisotopic (exact) mass is 379 g/mol. The lowest BCUT2D eigenvalue weighted by atomic mass is 9.93. The summed E-state index contributed by atoms with van der Waals surface area (Å²) in [6, 6.07) is 3.83. The van der Waals surface area contributed by atoms with E-state index in [4.69, 9.17) is 0 Å². The number of hydrogen-bond acceptors (Lipinski definition) is 2. The van der Waals surface area contributed by atoms with Crippen LogP contribution in [0.5, 0.6) is 0 Å². The van der Waals surface area contributed by atoms with E-state index in [-0.39, 0.29) is 24.3 Å². The summed E-state index contributed by atoms with van der Waals surface area (Å²) in [6.45, 7) is 5.54. The minimum atomic E-state index is -0.504. The van der Waals surface area contributed by atoms with Crippen LogP contribution >= 0.6 is 17.0 Å². The molecule has 1 aromatic heterocycles. The maximum absolute atomic E-state index is 12.9. The van der Waals surface area contributed by atoms with Gasteiger partial charge in [0.1, 0.15) is 11.4 Å². The zero-order valence-electron chi connectivity index (χ0n) is 13.9. The van der Waals surface area contributed by atoms with Crippen LogP contribution in [0, 0.1) is 0 Å². The summed E-state index contributed by atoms with van der Waals surface area (Å²) in [5.74, 6) is 0.0762. The average molecular weight is 380 g/mol. The third-order valence-corrected chi connectivity index (χ3v) is 4.65. The molecular formula is C18H26BrN3O. The van der Waals surface area contributed by atoms with Gasteiger partial charge in [0.25, 0.3) is 5.91 Å². The number of halogens is 1. The lowest BCUT2D eigenvalue weighted by Gasteiger charge is -2.47. The third-order valence-electron chi connectivity index (χ3n) is 4.65. The molecule has 0 saturated carbocycles. The fraction of sp³-hybridized carbons (Fsp3) is 0.389. The Morgan fingerprint density at radius 1 is 1.39 bits per heavy atom. The molecule has 1 aliphatic carbocycles. The molecule has 0 fully saturated rings. The van der Waals surface area contributed by atoms with Crippen LogP contribution in [0.15, 0.2) is 53.8 Å². The Hall–Kier alpha value is -1.59. The minimum absolute atomic E-state index is 0. The predicted molar refractivity (Wildman–Crippen MR) is 101 cm³/mol. The van der Waals surface area contributed by atoms with Crippen molar-refractivity contribution in [3.8, 4) is 0 Å². The molecule has 1 aromatic rings. The maximum Gasteiger partial charge on any atom is 0.272 e. The molecule has 126 valence electrons. The average Bonchev–Trinajstić information content (AvgIpc) is 2.88. The first-order valence-corrected chi connectivity index (χ1v) is 7.83. The molecule has 3 rings (SSSR count). The molecule has 4 nitrogen and oxygen atoms in total. The normalized spacial score (nSPS) is 23.6. The van der Waals surface area contributed by atoms with Crippen LogP contribution < -0.4 is 5.32 Å². The summed E-state index contributed by atoms with van der Waals surface area (Å²) in [4.78, 5) is 14.8. The molecule has 1 amide bonds. The number of allylic oxidation sites excluding steroid dienone is 4. The Bertz CT molecular complexity index is 692. The van der Waals surface area contributed by atoms with Crippen molar-refractivity contribution < 1.29 is 6.22 Å². The molecule has 1 aliphatic heterocycles. The summed E-state index contributed by atoms with van der Waals surface area (Å²) >= 11 is 0. The van der Waals surface area contributed by atoms with E-state index in [0.717, 1.165) is 17.7 Å². The number of rotatable bonds is 3. The second kappa shape index (κ2) is 6.89. The molecule has 1 unspecified atom stereocenters. The molecule has 0 saturated heterocycles. The van der Waals surface area contributed by atoms with Crippen molar-refractivity contribution in [2.24, 2.45) is 0 Å². The van der Waals surface area contributed by atoms with Crippen LogP contribution in [-0.2, 0) is 6.54 Å². The fourth-order valence-electron chi connectivity index (χ4n) is 3.41. The first-order chi connectivity index (χ1) is 10.6. The quantitative estimate of drug-likeness (QED) is 0.871. The zero-order chi connectivity index (χ0) is 15.7. The van der Waals surface area contributed by atoms with Gasteiger partial charge in [-0.15, -0.1) is 17.0 Å². The van der Waals surface area contributed by atoms with Gasteiger partial charge < -0.3 is 9.47 Å². The number of nitrogens with zero attached hydrogens (tertiary/aromatic N) is 2. The van der Waals surface area contributed by atoms with E-state index in [9.17, 15) is 4.79 Å². The SMILES string of the molecule is Br.CCN1C(=O)c2cccn2CC1(NC)C1=CC=C(C)CC=C1.[HH]. The number of aromatic nitrogens is 1. The van der Waals surface area contributed by atoms with Crippen molar-refractivity contribution >= 4 is 22.9 Å². The van der Waals surface area contributed by atoms with E-state index >= 15 is 0 Å². The van der Waals surface area contributed by atoms with E-state index in [1.807, 2.05) is 41.8 Å². The molecule has 5 heteroatoms. The first kappa shape index (κ1) is 17.8. The molecular weight excluding hydrogens is 354 g/mol. The fourth-order valence-corrected chi connectivity index (χ4v) is 3.41. The second-order valence-electron chi connectivity index (χ2n) is 5.92. The van der Waals surface area contributed by atoms with Crippen LogP contribution in [0.2, 0.25) is 0 Å². The van der Waals surface area contributed by atoms with Crippen LogP contribution in [0.3, 0.4) is 0 Å². The van der Waals surface area contributed by atoms with Gasteiger partial charge in [0.15, 0.2) is 0 Å². The summed E-state index contributed by atoms with van der Waals surface area (Å²) in [5.41, 5.74) is 2.71. The van der Waals surface area contributed by atoms with Gasteiger partial charge in [-0.3, -0.25) is 10.1 Å². The van der Waals surface area contributed by atoms with Crippen molar-refractivity contribution in [2.75, 3.05) is 13.6 Å². The highest BCUT2D eigenvalue weighted by atomic mass is 79.9. The smallest absolute Gasteiger partial charge is 0.272 e. The Kier molecular flexibility index (Phi) is 5.32. The zero-order valence-corrected chi connectivity index (χ0v) is 15.6. The summed E-state index contributed by atoms with van der Waals surface area (Å²) < 4.78 is 2.04. The molecule has 0 aromatic carbocycles. The minimum Gasteiger partial charge on any atom is -0.339 e. The number of nitrogens with one attached hydrogen (secondary N) is 1. The molecule has 2 heterocycles. The lowest BCUT2D eigenvalue weighted by molar-refractivity contribution is 0.0365. The number of carbonyl (C=O) groups is 1. The van der Waals surface area contributed by atoms with Crippen molar-refractivity contribution in [1.29, 1.82) is 0 Å². The van der Waals surface area contributed by atoms with Gasteiger partial charge in [-0.2, -0.15) is 0 Å².